The Labute approximate surface area is 428 Å². The molecule has 72 heavy (non-hydrogen) atoms. The molecular weight excluding hydrogens is 939 g/mol. The lowest BCUT2D eigenvalue weighted by Gasteiger charge is -2.48. The van der Waals surface area contributed by atoms with Gasteiger partial charge in [-0.15, -0.1) is 0 Å². The first-order valence-electron chi connectivity index (χ1n) is 27.2. The highest BCUT2D eigenvalue weighted by molar-refractivity contribution is 5.75. The lowest BCUT2D eigenvalue weighted by molar-refractivity contribution is -0.379. The molecule has 17 unspecified atom stereocenters. The predicted octanol–water partition coefficient (Wildman–Crippen LogP) is 2.98. The normalized spacial score (nSPS) is 32.3. The molecule has 3 aliphatic heterocycles. The first kappa shape index (κ1) is 64.3. The lowest BCUT2D eigenvalue weighted by Crippen LogP contribution is -2.66. The third-order valence-electron chi connectivity index (χ3n) is 13.7. The largest absolute Gasteiger partial charge is 0.394 e. The quantitative estimate of drug-likeness (QED) is 0.0313. The Hall–Kier alpha value is -1.99. The van der Waals surface area contributed by atoms with Crippen LogP contribution in [0.1, 0.15) is 162 Å². The van der Waals surface area contributed by atoms with Crippen LogP contribution in [0.5, 0.6) is 0 Å². The van der Waals surface area contributed by atoms with Crippen LogP contribution in [-0.4, -0.2) is 193 Å². The summed E-state index contributed by atoms with van der Waals surface area (Å²) in [5.41, 5.74) is 0. The van der Waals surface area contributed by atoms with Crippen LogP contribution in [-0.2, 0) is 33.2 Å². The van der Waals surface area contributed by atoms with Crippen molar-refractivity contribution < 1.29 is 89.4 Å². The number of rotatable bonds is 38. The van der Waals surface area contributed by atoms with Gasteiger partial charge >= 0.3 is 0 Å². The maximum Gasteiger partial charge on any atom is 0.220 e. The van der Waals surface area contributed by atoms with Gasteiger partial charge in [-0.2, -0.15) is 0 Å². The SMILES string of the molecule is CCCCCCCCCCCCCCCCCCC/C=C/CC/C=C/CC/C=C/C(O)C(COC1OC(CO)C(OC2OC(CO)C(OC3OC(CO)C(O)C(O)C3O)C(O)C2O)C(O)C1O)NC(=O)CC. The van der Waals surface area contributed by atoms with E-state index in [1.807, 2.05) is 0 Å². The molecule has 0 aromatic rings. The second-order valence-corrected chi connectivity index (χ2v) is 19.6. The van der Waals surface area contributed by atoms with Gasteiger partial charge in [0.15, 0.2) is 18.9 Å². The van der Waals surface area contributed by atoms with E-state index in [0.29, 0.717) is 6.42 Å². The van der Waals surface area contributed by atoms with E-state index >= 15 is 0 Å². The topological polar surface area (TPSA) is 307 Å². The lowest BCUT2D eigenvalue weighted by atomic mass is 9.96. The van der Waals surface area contributed by atoms with Crippen molar-refractivity contribution in [3.05, 3.63) is 36.5 Å². The van der Waals surface area contributed by atoms with Crippen LogP contribution in [0.2, 0.25) is 0 Å². The predicted molar refractivity (Wildman–Crippen MR) is 268 cm³/mol. The summed E-state index contributed by atoms with van der Waals surface area (Å²) in [5.74, 6) is -0.379. The number of aliphatic hydroxyl groups is 11. The van der Waals surface area contributed by atoms with Crippen molar-refractivity contribution in [1.29, 1.82) is 0 Å². The minimum atomic E-state index is -1.98. The highest BCUT2D eigenvalue weighted by Crippen LogP contribution is 2.33. The molecule has 1 amide bonds. The van der Waals surface area contributed by atoms with Gasteiger partial charge in [-0.25, -0.2) is 0 Å². The molecule has 420 valence electrons. The second-order valence-electron chi connectivity index (χ2n) is 19.6. The zero-order valence-corrected chi connectivity index (χ0v) is 43.1. The number of aliphatic hydroxyl groups excluding tert-OH is 11. The minimum Gasteiger partial charge on any atom is -0.394 e. The average molecular weight is 1030 g/mol. The fraction of sp³-hybridized carbons (Fsp3) is 0.868. The maximum atomic E-state index is 12.4. The molecule has 17 atom stereocenters. The van der Waals surface area contributed by atoms with Crippen LogP contribution in [0.15, 0.2) is 36.5 Å². The van der Waals surface area contributed by atoms with Crippen LogP contribution >= 0.6 is 0 Å². The standard InChI is InChI=1S/C53H95NO18/c1-3-5-6-7-8-9-10-11-12-13-14-15-16-17-18-19-20-21-22-23-24-25-26-27-28-29-30-31-37(58)36(54-41(59)4-2)35-67-51-47(65)44(62)49(39(33-56)69-51)72-53-48(66)45(63)50(40(34-57)70-53)71-52-46(64)43(61)42(60)38(32-55)68-52/h22-23,26-27,30-31,36-40,42-53,55-58,60-66H,3-21,24-25,28-29,32-35H2,1-2H3,(H,54,59)/b23-22+,27-26+,31-30+. The summed E-state index contributed by atoms with van der Waals surface area (Å²) in [6.07, 6.45) is 13.1. The number of allylic oxidation sites excluding steroid dienone is 5. The number of amides is 1. The van der Waals surface area contributed by atoms with Crippen LogP contribution in [0.4, 0.5) is 0 Å². The minimum absolute atomic E-state index is 0.112. The van der Waals surface area contributed by atoms with Crippen LogP contribution < -0.4 is 5.32 Å². The van der Waals surface area contributed by atoms with Gasteiger partial charge in [-0.1, -0.05) is 153 Å². The first-order chi connectivity index (χ1) is 34.8. The molecule has 0 aromatic carbocycles. The monoisotopic (exact) mass is 1030 g/mol. The number of unbranched alkanes of at least 4 members (excludes halogenated alkanes) is 19. The molecule has 0 radical (unpaired) electrons. The Morgan fingerprint density at radius 1 is 0.486 bits per heavy atom. The number of ether oxygens (including phenoxy) is 6. The number of hydrogen-bond donors (Lipinski definition) is 12. The molecule has 3 saturated heterocycles. The molecule has 19 heteroatoms. The van der Waals surface area contributed by atoms with Crippen molar-refractivity contribution >= 4 is 5.91 Å². The summed E-state index contributed by atoms with van der Waals surface area (Å²) in [6, 6.07) is -0.990. The number of hydrogen-bond acceptors (Lipinski definition) is 18. The van der Waals surface area contributed by atoms with Gasteiger partial charge in [0.2, 0.25) is 5.91 Å². The van der Waals surface area contributed by atoms with Crippen LogP contribution in [0.25, 0.3) is 0 Å². The van der Waals surface area contributed by atoms with Gasteiger partial charge in [-0.05, 0) is 38.5 Å². The molecule has 12 N–H and O–H groups in total. The molecule has 0 bridgehead atoms. The summed E-state index contributed by atoms with van der Waals surface area (Å²) in [7, 11) is 0. The van der Waals surface area contributed by atoms with Crippen molar-refractivity contribution in [2.75, 3.05) is 26.4 Å². The fourth-order valence-electron chi connectivity index (χ4n) is 9.13. The van der Waals surface area contributed by atoms with Gasteiger partial charge < -0.3 is 89.9 Å². The van der Waals surface area contributed by atoms with Crippen molar-refractivity contribution in [3.8, 4) is 0 Å². The molecule has 3 rings (SSSR count). The first-order valence-corrected chi connectivity index (χ1v) is 27.2. The Morgan fingerprint density at radius 2 is 0.875 bits per heavy atom. The van der Waals surface area contributed by atoms with Gasteiger partial charge in [0.05, 0.1) is 38.6 Å². The Balaban J connectivity index is 1.34. The summed E-state index contributed by atoms with van der Waals surface area (Å²) in [4.78, 5) is 12.4. The summed E-state index contributed by atoms with van der Waals surface area (Å²) < 4.78 is 33.7. The highest BCUT2D eigenvalue weighted by Gasteiger charge is 2.53. The van der Waals surface area contributed by atoms with E-state index in [1.165, 1.54) is 115 Å². The smallest absolute Gasteiger partial charge is 0.220 e. The van der Waals surface area contributed by atoms with E-state index in [1.54, 1.807) is 13.0 Å². The van der Waals surface area contributed by atoms with Gasteiger partial charge in [-0.3, -0.25) is 4.79 Å². The van der Waals surface area contributed by atoms with E-state index in [9.17, 15) is 61.0 Å². The van der Waals surface area contributed by atoms with Crippen molar-refractivity contribution in [1.82, 2.24) is 5.32 Å². The highest BCUT2D eigenvalue weighted by atomic mass is 16.8. The molecule has 19 nitrogen and oxygen atoms in total. The molecule has 3 aliphatic rings. The Kier molecular flexibility index (Phi) is 33.7. The van der Waals surface area contributed by atoms with Crippen molar-refractivity contribution in [2.24, 2.45) is 0 Å². The third-order valence-corrected chi connectivity index (χ3v) is 13.7. The molecular formula is C53H95NO18. The Morgan fingerprint density at radius 3 is 1.33 bits per heavy atom. The third kappa shape index (κ3) is 22.7. The van der Waals surface area contributed by atoms with E-state index in [-0.39, 0.29) is 18.9 Å². The molecule has 0 aliphatic carbocycles. The molecule has 3 fully saturated rings. The Bertz CT molecular complexity index is 1470. The zero-order chi connectivity index (χ0) is 52.7. The number of carbonyl (C=O) groups is 1. The molecule has 0 aromatic heterocycles. The zero-order valence-electron chi connectivity index (χ0n) is 43.1. The van der Waals surface area contributed by atoms with E-state index in [0.717, 1.165) is 25.7 Å². The van der Waals surface area contributed by atoms with Crippen LogP contribution in [0.3, 0.4) is 0 Å². The van der Waals surface area contributed by atoms with Crippen molar-refractivity contribution in [2.45, 2.75) is 266 Å². The van der Waals surface area contributed by atoms with Gasteiger partial charge in [0.1, 0.15) is 73.2 Å². The maximum absolute atomic E-state index is 12.4. The average Bonchev–Trinajstić information content (AvgIpc) is 3.38. The van der Waals surface area contributed by atoms with E-state index in [2.05, 4.69) is 36.5 Å². The van der Waals surface area contributed by atoms with Crippen LogP contribution in [0, 0.1) is 0 Å². The fourth-order valence-corrected chi connectivity index (χ4v) is 9.13. The summed E-state index contributed by atoms with van der Waals surface area (Å²) in [5, 5.41) is 118. The van der Waals surface area contributed by atoms with E-state index < -0.39 is 124 Å². The molecule has 0 spiro atoms. The van der Waals surface area contributed by atoms with Gasteiger partial charge in [0, 0.05) is 6.42 Å². The molecule has 0 saturated carbocycles. The summed E-state index contributed by atoms with van der Waals surface area (Å²) in [6.45, 7) is 1.10. The summed E-state index contributed by atoms with van der Waals surface area (Å²) >= 11 is 0. The van der Waals surface area contributed by atoms with Crippen molar-refractivity contribution in [3.63, 3.8) is 0 Å². The number of nitrogens with one attached hydrogen (secondary N) is 1. The second kappa shape index (κ2) is 37.7. The molecule has 3 heterocycles. The number of carbonyl (C=O) groups excluding carboxylic acids is 1. The van der Waals surface area contributed by atoms with E-state index in [4.69, 9.17) is 28.4 Å². The van der Waals surface area contributed by atoms with Gasteiger partial charge in [0.25, 0.3) is 0 Å².